The maximum absolute atomic E-state index is 11.2. The van der Waals surface area contributed by atoms with Crippen LogP contribution in [0.1, 0.15) is 18.1 Å². The molecule has 0 aliphatic heterocycles. The second-order valence-corrected chi connectivity index (χ2v) is 3.48. The number of rotatable bonds is 2. The highest BCUT2D eigenvalue weighted by Gasteiger charge is 2.11. The summed E-state index contributed by atoms with van der Waals surface area (Å²) in [5, 5.41) is 0. The molecule has 0 spiro atoms. The zero-order chi connectivity index (χ0) is 10.7. The van der Waals surface area contributed by atoms with Crippen molar-refractivity contribution in [2.24, 2.45) is 5.73 Å². The van der Waals surface area contributed by atoms with Crippen LogP contribution < -0.4 is 10.5 Å². The van der Waals surface area contributed by atoms with Crippen LogP contribution in [0.15, 0.2) is 18.2 Å². The Bertz CT molecular complexity index is 345. The average Bonchev–Trinajstić information content (AvgIpc) is 2.11. The van der Waals surface area contributed by atoms with Crippen LogP contribution in [0.2, 0.25) is 0 Å². The fourth-order valence-corrected chi connectivity index (χ4v) is 1.02. The predicted octanol–water partition coefficient (Wildman–Crippen LogP) is 1.56. The van der Waals surface area contributed by atoms with Crippen LogP contribution in [0.4, 0.5) is 0 Å². The number of ether oxygens (including phenoxy) is 1. The van der Waals surface area contributed by atoms with Gasteiger partial charge in [-0.3, -0.25) is 0 Å². The third-order valence-corrected chi connectivity index (χ3v) is 1.93. The normalized spacial score (nSPS) is 12.3. The summed E-state index contributed by atoms with van der Waals surface area (Å²) >= 11 is 0. The van der Waals surface area contributed by atoms with Gasteiger partial charge in [0.1, 0.15) is 11.8 Å². The van der Waals surface area contributed by atoms with Gasteiger partial charge in [-0.05, 0) is 38.0 Å². The van der Waals surface area contributed by atoms with Crippen LogP contribution in [0.5, 0.6) is 5.75 Å². The summed E-state index contributed by atoms with van der Waals surface area (Å²) in [5.41, 5.74) is 7.39. The van der Waals surface area contributed by atoms with Gasteiger partial charge in [0.15, 0.2) is 0 Å². The standard InChI is InChI=1S/C11H15NO2/c1-7-4-5-8(2)10(6-7)14-11(13)9(3)12/h4-6,9H,12H2,1-3H3. The Kier molecular flexibility index (Phi) is 3.25. The van der Waals surface area contributed by atoms with Gasteiger partial charge in [-0.15, -0.1) is 0 Å². The summed E-state index contributed by atoms with van der Waals surface area (Å²) in [6.07, 6.45) is 0. The highest BCUT2D eigenvalue weighted by Crippen LogP contribution is 2.19. The molecule has 1 atom stereocenters. The van der Waals surface area contributed by atoms with E-state index in [2.05, 4.69) is 0 Å². The Morgan fingerprint density at radius 3 is 2.64 bits per heavy atom. The molecule has 0 aromatic heterocycles. The molecule has 0 bridgehead atoms. The van der Waals surface area contributed by atoms with E-state index in [1.807, 2.05) is 32.0 Å². The van der Waals surface area contributed by atoms with E-state index >= 15 is 0 Å². The van der Waals surface area contributed by atoms with Gasteiger partial charge in [-0.25, -0.2) is 4.79 Å². The quantitative estimate of drug-likeness (QED) is 0.572. The summed E-state index contributed by atoms with van der Waals surface area (Å²) in [5.74, 6) is 0.186. The van der Waals surface area contributed by atoms with Crippen LogP contribution in [0, 0.1) is 13.8 Å². The third kappa shape index (κ3) is 2.57. The van der Waals surface area contributed by atoms with Gasteiger partial charge in [0.05, 0.1) is 0 Å². The molecule has 3 heteroatoms. The minimum Gasteiger partial charge on any atom is -0.425 e. The van der Waals surface area contributed by atoms with Gasteiger partial charge < -0.3 is 10.5 Å². The smallest absolute Gasteiger partial charge is 0.328 e. The van der Waals surface area contributed by atoms with Crippen molar-refractivity contribution in [2.75, 3.05) is 0 Å². The molecular formula is C11H15NO2. The first kappa shape index (κ1) is 10.7. The maximum atomic E-state index is 11.2. The summed E-state index contributed by atoms with van der Waals surface area (Å²) in [4.78, 5) is 11.2. The number of hydrogen-bond acceptors (Lipinski definition) is 3. The van der Waals surface area contributed by atoms with Gasteiger partial charge in [-0.2, -0.15) is 0 Å². The van der Waals surface area contributed by atoms with E-state index in [0.29, 0.717) is 5.75 Å². The molecule has 2 N–H and O–H groups in total. The van der Waals surface area contributed by atoms with Crippen molar-refractivity contribution in [2.45, 2.75) is 26.8 Å². The number of hydrogen-bond donors (Lipinski definition) is 1. The molecule has 0 aliphatic carbocycles. The number of carbonyl (C=O) groups excluding carboxylic acids is 1. The number of nitrogens with two attached hydrogens (primary N) is 1. The zero-order valence-corrected chi connectivity index (χ0v) is 8.70. The molecule has 1 aromatic rings. The van der Waals surface area contributed by atoms with Crippen molar-refractivity contribution >= 4 is 5.97 Å². The highest BCUT2D eigenvalue weighted by molar-refractivity contribution is 5.77. The lowest BCUT2D eigenvalue weighted by molar-refractivity contribution is -0.135. The van der Waals surface area contributed by atoms with Crippen molar-refractivity contribution in [1.82, 2.24) is 0 Å². The summed E-state index contributed by atoms with van der Waals surface area (Å²) in [6.45, 7) is 5.44. The molecule has 1 aromatic carbocycles. The van der Waals surface area contributed by atoms with Crippen LogP contribution in [0.3, 0.4) is 0 Å². The molecule has 14 heavy (non-hydrogen) atoms. The van der Waals surface area contributed by atoms with Crippen molar-refractivity contribution in [1.29, 1.82) is 0 Å². The van der Waals surface area contributed by atoms with Crippen molar-refractivity contribution in [3.8, 4) is 5.75 Å². The second-order valence-electron chi connectivity index (χ2n) is 3.48. The van der Waals surface area contributed by atoms with Gasteiger partial charge >= 0.3 is 5.97 Å². The lowest BCUT2D eigenvalue weighted by Gasteiger charge is -2.09. The molecule has 0 fully saturated rings. The van der Waals surface area contributed by atoms with Crippen molar-refractivity contribution in [3.05, 3.63) is 29.3 Å². The molecule has 76 valence electrons. The average molecular weight is 193 g/mol. The number of carbonyl (C=O) groups is 1. The number of benzene rings is 1. The Balaban J connectivity index is 2.86. The van der Waals surface area contributed by atoms with E-state index in [1.165, 1.54) is 0 Å². The van der Waals surface area contributed by atoms with E-state index < -0.39 is 12.0 Å². The first-order valence-corrected chi connectivity index (χ1v) is 4.55. The molecule has 0 saturated carbocycles. The van der Waals surface area contributed by atoms with E-state index in [1.54, 1.807) is 6.92 Å². The number of aryl methyl sites for hydroxylation is 2. The molecule has 0 aliphatic rings. The fourth-order valence-electron chi connectivity index (χ4n) is 1.02. The largest absolute Gasteiger partial charge is 0.425 e. The molecule has 0 amide bonds. The number of esters is 1. The van der Waals surface area contributed by atoms with E-state index in [0.717, 1.165) is 11.1 Å². The third-order valence-electron chi connectivity index (χ3n) is 1.93. The topological polar surface area (TPSA) is 52.3 Å². The van der Waals surface area contributed by atoms with Crippen LogP contribution in [0.25, 0.3) is 0 Å². The summed E-state index contributed by atoms with van der Waals surface area (Å²) in [7, 11) is 0. The van der Waals surface area contributed by atoms with E-state index in [9.17, 15) is 4.79 Å². The monoisotopic (exact) mass is 193 g/mol. The van der Waals surface area contributed by atoms with Crippen LogP contribution >= 0.6 is 0 Å². The minimum atomic E-state index is -0.588. The molecule has 1 unspecified atom stereocenters. The molecule has 0 saturated heterocycles. The van der Waals surface area contributed by atoms with Crippen LogP contribution in [-0.4, -0.2) is 12.0 Å². The molecule has 1 rings (SSSR count). The van der Waals surface area contributed by atoms with E-state index in [4.69, 9.17) is 10.5 Å². The lowest BCUT2D eigenvalue weighted by Crippen LogP contribution is -2.31. The summed E-state index contributed by atoms with van der Waals surface area (Å²) < 4.78 is 5.12. The fraction of sp³-hybridized carbons (Fsp3) is 0.364. The first-order chi connectivity index (χ1) is 6.50. The van der Waals surface area contributed by atoms with Gasteiger partial charge in [-0.1, -0.05) is 12.1 Å². The zero-order valence-electron chi connectivity index (χ0n) is 8.70. The lowest BCUT2D eigenvalue weighted by atomic mass is 10.1. The molecular weight excluding hydrogens is 178 g/mol. The highest BCUT2D eigenvalue weighted by atomic mass is 16.5. The van der Waals surface area contributed by atoms with Gasteiger partial charge in [0.2, 0.25) is 0 Å². The van der Waals surface area contributed by atoms with Crippen molar-refractivity contribution in [3.63, 3.8) is 0 Å². The Hall–Kier alpha value is -1.35. The molecule has 0 radical (unpaired) electrons. The minimum absolute atomic E-state index is 0.404. The molecule has 3 nitrogen and oxygen atoms in total. The van der Waals surface area contributed by atoms with Gasteiger partial charge in [0, 0.05) is 0 Å². The van der Waals surface area contributed by atoms with Crippen molar-refractivity contribution < 1.29 is 9.53 Å². The Morgan fingerprint density at radius 2 is 2.07 bits per heavy atom. The van der Waals surface area contributed by atoms with E-state index in [-0.39, 0.29) is 0 Å². The first-order valence-electron chi connectivity index (χ1n) is 4.55. The van der Waals surface area contributed by atoms with Gasteiger partial charge in [0.25, 0.3) is 0 Å². The second kappa shape index (κ2) is 4.24. The summed E-state index contributed by atoms with van der Waals surface area (Å²) in [6, 6.07) is 5.13. The SMILES string of the molecule is Cc1ccc(C)c(OC(=O)C(C)N)c1. The Labute approximate surface area is 83.9 Å². The predicted molar refractivity (Wildman–Crippen MR) is 55.2 cm³/mol. The molecule has 0 heterocycles. The maximum Gasteiger partial charge on any atom is 0.328 e. The Morgan fingerprint density at radius 1 is 1.43 bits per heavy atom. The van der Waals surface area contributed by atoms with Crippen LogP contribution in [-0.2, 0) is 4.79 Å².